The zero-order valence-electron chi connectivity index (χ0n) is 11.7. The summed E-state index contributed by atoms with van der Waals surface area (Å²) in [5.74, 6) is -0.131. The molecule has 20 heavy (non-hydrogen) atoms. The van der Waals surface area contributed by atoms with E-state index in [0.29, 0.717) is 5.69 Å². The molecule has 0 bridgehead atoms. The molecule has 2 rings (SSSR count). The summed E-state index contributed by atoms with van der Waals surface area (Å²) in [6.45, 7) is 3.76. The van der Waals surface area contributed by atoms with Crippen molar-refractivity contribution >= 4 is 29.2 Å². The first-order valence-electron chi connectivity index (χ1n) is 6.10. The normalized spacial score (nSPS) is 17.1. The number of likely N-dealkylation sites (N-methyl/N-ethyl adjacent to an activating group) is 1. The van der Waals surface area contributed by atoms with Gasteiger partial charge in [-0.25, -0.2) is 4.99 Å². The number of fused-ring (bicyclic) bond motifs is 1. The molecule has 0 unspecified atom stereocenters. The molecule has 6 N–H and O–H groups in total. The number of amides is 1. The molecular weight excluding hydrogens is 256 g/mol. The van der Waals surface area contributed by atoms with Crippen molar-refractivity contribution in [3.05, 3.63) is 23.8 Å². The summed E-state index contributed by atoms with van der Waals surface area (Å²) in [5, 5.41) is 0. The lowest BCUT2D eigenvalue weighted by Gasteiger charge is -2.16. The van der Waals surface area contributed by atoms with E-state index in [9.17, 15) is 4.79 Å². The van der Waals surface area contributed by atoms with Crippen LogP contribution in [-0.4, -0.2) is 24.9 Å². The van der Waals surface area contributed by atoms with Crippen molar-refractivity contribution in [2.24, 2.45) is 27.2 Å². The highest BCUT2D eigenvalue weighted by Gasteiger charge is 2.42. The van der Waals surface area contributed by atoms with Gasteiger partial charge < -0.3 is 22.1 Å². The van der Waals surface area contributed by atoms with E-state index >= 15 is 0 Å². The minimum atomic E-state index is -0.583. The summed E-state index contributed by atoms with van der Waals surface area (Å²) >= 11 is 0. The largest absolute Gasteiger partial charge is 0.370 e. The monoisotopic (exact) mass is 274 g/mol. The molecule has 7 nitrogen and oxygen atoms in total. The van der Waals surface area contributed by atoms with Crippen LogP contribution in [-0.2, 0) is 10.2 Å². The predicted octanol–water partition coefficient (Wildman–Crippen LogP) is 0.160. The standard InChI is InChI=1S/C13H18N6O/c1-13(2)8-6-7(17-12(16)18-11(14)15)4-5-9(8)19(3)10(13)20/h4-6H,1-3H3,(H6,14,15,16,17,18). The summed E-state index contributed by atoms with van der Waals surface area (Å²) in [6.07, 6.45) is 0. The molecular formula is C13H18N6O. The van der Waals surface area contributed by atoms with Gasteiger partial charge in [-0.2, -0.15) is 4.99 Å². The lowest BCUT2D eigenvalue weighted by Crippen LogP contribution is -2.33. The van der Waals surface area contributed by atoms with Crippen molar-refractivity contribution < 1.29 is 4.79 Å². The highest BCUT2D eigenvalue weighted by Crippen LogP contribution is 2.42. The van der Waals surface area contributed by atoms with Gasteiger partial charge in [-0.1, -0.05) is 0 Å². The van der Waals surface area contributed by atoms with E-state index < -0.39 is 5.41 Å². The molecule has 0 aliphatic carbocycles. The van der Waals surface area contributed by atoms with Gasteiger partial charge in [0.2, 0.25) is 11.9 Å². The maximum atomic E-state index is 12.2. The number of aliphatic imine (C=N–C) groups is 2. The highest BCUT2D eigenvalue weighted by molar-refractivity contribution is 6.07. The SMILES string of the molecule is CN1C(=O)C(C)(C)c2cc(N=C(N)N=C(N)N)ccc21. The van der Waals surface area contributed by atoms with Crippen molar-refractivity contribution in [2.45, 2.75) is 19.3 Å². The number of guanidine groups is 2. The molecule has 0 aromatic heterocycles. The quantitative estimate of drug-likeness (QED) is 0.498. The molecule has 0 spiro atoms. The van der Waals surface area contributed by atoms with E-state index in [1.165, 1.54) is 0 Å². The summed E-state index contributed by atoms with van der Waals surface area (Å²) < 4.78 is 0. The van der Waals surface area contributed by atoms with Crippen LogP contribution in [0.2, 0.25) is 0 Å². The fraction of sp³-hybridized carbons (Fsp3) is 0.308. The molecule has 0 atom stereocenters. The van der Waals surface area contributed by atoms with Crippen LogP contribution in [0, 0.1) is 0 Å². The summed E-state index contributed by atoms with van der Waals surface area (Å²) in [5.41, 5.74) is 17.9. The first kappa shape index (κ1) is 13.9. The van der Waals surface area contributed by atoms with Gasteiger partial charge in [0.15, 0.2) is 5.96 Å². The van der Waals surface area contributed by atoms with Gasteiger partial charge in [-0.05, 0) is 37.6 Å². The molecule has 0 fully saturated rings. The van der Waals surface area contributed by atoms with Gasteiger partial charge in [0.1, 0.15) is 0 Å². The zero-order valence-corrected chi connectivity index (χ0v) is 11.7. The second kappa shape index (κ2) is 4.52. The fourth-order valence-corrected chi connectivity index (χ4v) is 2.32. The van der Waals surface area contributed by atoms with Crippen molar-refractivity contribution in [1.82, 2.24) is 0 Å². The Morgan fingerprint density at radius 3 is 2.50 bits per heavy atom. The van der Waals surface area contributed by atoms with Crippen LogP contribution in [0.5, 0.6) is 0 Å². The van der Waals surface area contributed by atoms with Crippen LogP contribution in [0.1, 0.15) is 19.4 Å². The number of hydrogen-bond donors (Lipinski definition) is 3. The summed E-state index contributed by atoms with van der Waals surface area (Å²) in [4.78, 5) is 21.6. The third-order valence-corrected chi connectivity index (χ3v) is 3.34. The van der Waals surface area contributed by atoms with E-state index in [1.807, 2.05) is 26.0 Å². The molecule has 1 heterocycles. The number of carbonyl (C=O) groups excluding carboxylic acids is 1. The first-order chi connectivity index (χ1) is 9.23. The molecule has 1 amide bonds. The average Bonchev–Trinajstić information content (AvgIpc) is 2.50. The molecule has 1 aromatic carbocycles. The molecule has 106 valence electrons. The Bertz CT molecular complexity index is 628. The van der Waals surface area contributed by atoms with Crippen LogP contribution in [0.15, 0.2) is 28.2 Å². The highest BCUT2D eigenvalue weighted by atomic mass is 16.2. The number of hydrogen-bond acceptors (Lipinski definition) is 2. The van der Waals surface area contributed by atoms with Gasteiger partial charge >= 0.3 is 0 Å². The predicted molar refractivity (Wildman–Crippen MR) is 80.0 cm³/mol. The van der Waals surface area contributed by atoms with Gasteiger partial charge in [0, 0.05) is 12.7 Å². The van der Waals surface area contributed by atoms with E-state index in [4.69, 9.17) is 17.2 Å². The zero-order chi connectivity index (χ0) is 15.1. The fourth-order valence-electron chi connectivity index (χ4n) is 2.32. The van der Waals surface area contributed by atoms with E-state index in [-0.39, 0.29) is 17.8 Å². The van der Waals surface area contributed by atoms with E-state index in [2.05, 4.69) is 9.98 Å². The third kappa shape index (κ3) is 2.18. The average molecular weight is 274 g/mol. The Hall–Kier alpha value is -2.57. The molecule has 1 aliphatic rings. The molecule has 1 aromatic rings. The Morgan fingerprint density at radius 2 is 1.90 bits per heavy atom. The lowest BCUT2D eigenvalue weighted by molar-refractivity contribution is -0.121. The smallest absolute Gasteiger partial charge is 0.236 e. The maximum Gasteiger partial charge on any atom is 0.236 e. The lowest BCUT2D eigenvalue weighted by atomic mass is 9.86. The van der Waals surface area contributed by atoms with Crippen LogP contribution in [0.3, 0.4) is 0 Å². The van der Waals surface area contributed by atoms with Crippen molar-refractivity contribution in [2.75, 3.05) is 11.9 Å². The Balaban J connectivity index is 2.47. The number of anilines is 1. The minimum Gasteiger partial charge on any atom is -0.370 e. The molecule has 0 saturated heterocycles. The second-order valence-electron chi connectivity index (χ2n) is 5.20. The Kier molecular flexibility index (Phi) is 3.13. The Morgan fingerprint density at radius 1 is 1.25 bits per heavy atom. The van der Waals surface area contributed by atoms with E-state index in [1.54, 1.807) is 18.0 Å². The van der Waals surface area contributed by atoms with Crippen molar-refractivity contribution in [3.8, 4) is 0 Å². The Labute approximate surface area is 117 Å². The van der Waals surface area contributed by atoms with Gasteiger partial charge in [0.25, 0.3) is 0 Å². The second-order valence-corrected chi connectivity index (χ2v) is 5.20. The first-order valence-corrected chi connectivity index (χ1v) is 6.10. The van der Waals surface area contributed by atoms with Crippen LogP contribution in [0.4, 0.5) is 11.4 Å². The third-order valence-electron chi connectivity index (χ3n) is 3.34. The minimum absolute atomic E-state index is 0.0274. The van der Waals surface area contributed by atoms with Crippen LogP contribution in [0.25, 0.3) is 0 Å². The maximum absolute atomic E-state index is 12.2. The molecule has 7 heteroatoms. The molecule has 0 saturated carbocycles. The number of rotatable bonds is 1. The van der Waals surface area contributed by atoms with Gasteiger partial charge in [-0.15, -0.1) is 0 Å². The molecule has 1 aliphatic heterocycles. The number of carbonyl (C=O) groups is 1. The topological polar surface area (TPSA) is 123 Å². The summed E-state index contributed by atoms with van der Waals surface area (Å²) in [7, 11) is 1.76. The van der Waals surface area contributed by atoms with E-state index in [0.717, 1.165) is 11.3 Å². The van der Waals surface area contributed by atoms with Crippen molar-refractivity contribution in [3.63, 3.8) is 0 Å². The number of benzene rings is 1. The van der Waals surface area contributed by atoms with Crippen LogP contribution < -0.4 is 22.1 Å². The summed E-state index contributed by atoms with van der Waals surface area (Å²) in [6, 6.07) is 5.43. The number of nitrogens with zero attached hydrogens (tertiary/aromatic N) is 3. The van der Waals surface area contributed by atoms with Crippen LogP contribution >= 0.6 is 0 Å². The van der Waals surface area contributed by atoms with Gasteiger partial charge in [-0.3, -0.25) is 4.79 Å². The van der Waals surface area contributed by atoms with Gasteiger partial charge in [0.05, 0.1) is 11.1 Å². The molecule has 0 radical (unpaired) electrons. The number of nitrogens with two attached hydrogens (primary N) is 3. The van der Waals surface area contributed by atoms with Crippen molar-refractivity contribution in [1.29, 1.82) is 0 Å².